The van der Waals surface area contributed by atoms with E-state index in [0.29, 0.717) is 6.54 Å². The monoisotopic (exact) mass is 431 g/mol. The average Bonchev–Trinajstić information content (AvgIpc) is 3.26. The van der Waals surface area contributed by atoms with E-state index in [2.05, 4.69) is 56.6 Å². The number of nitrogens with zero attached hydrogens (tertiary/aromatic N) is 3. The van der Waals surface area contributed by atoms with E-state index in [4.69, 9.17) is 0 Å². The number of rotatable bonds is 5. The van der Waals surface area contributed by atoms with Crippen molar-refractivity contribution in [1.29, 1.82) is 0 Å². The Hall–Kier alpha value is -2.76. The molecule has 160 valence electrons. The first kappa shape index (κ1) is 21.5. The van der Waals surface area contributed by atoms with Gasteiger partial charge in [-0.2, -0.15) is 0 Å². The summed E-state index contributed by atoms with van der Waals surface area (Å²) in [5, 5.41) is 2.11. The number of pyridine rings is 1. The van der Waals surface area contributed by atoms with E-state index in [9.17, 15) is 4.79 Å². The molecule has 0 amide bonds. The molecule has 2 aromatic heterocycles. The number of piperidine rings is 1. The summed E-state index contributed by atoms with van der Waals surface area (Å²) in [4.78, 5) is 23.9. The van der Waals surface area contributed by atoms with Crippen molar-refractivity contribution in [3.05, 3.63) is 87.9 Å². The lowest BCUT2D eigenvalue weighted by molar-refractivity contribution is -0.128. The van der Waals surface area contributed by atoms with Gasteiger partial charge in [-0.05, 0) is 47.4 Å². The second-order valence-electron chi connectivity index (χ2n) is 8.94. The van der Waals surface area contributed by atoms with Gasteiger partial charge >= 0.3 is 0 Å². The average molecular weight is 432 g/mol. The number of aromatic nitrogens is 1. The highest BCUT2D eigenvalue weighted by Crippen LogP contribution is 2.42. The van der Waals surface area contributed by atoms with Crippen molar-refractivity contribution in [2.24, 2.45) is 5.41 Å². The summed E-state index contributed by atoms with van der Waals surface area (Å²) < 4.78 is 0. The van der Waals surface area contributed by atoms with Crippen LogP contribution in [0.5, 0.6) is 0 Å². The molecule has 31 heavy (non-hydrogen) atoms. The van der Waals surface area contributed by atoms with Crippen LogP contribution < -0.4 is 4.90 Å². The molecule has 1 aliphatic rings. The van der Waals surface area contributed by atoms with Gasteiger partial charge in [0, 0.05) is 54.9 Å². The fraction of sp³-hybridized carbons (Fsp3) is 0.308. The van der Waals surface area contributed by atoms with Crippen LogP contribution in [0.25, 0.3) is 6.08 Å². The molecule has 0 bridgehead atoms. The molecule has 1 aromatic carbocycles. The molecule has 0 radical (unpaired) electrons. The van der Waals surface area contributed by atoms with Crippen LogP contribution in [0.3, 0.4) is 0 Å². The van der Waals surface area contributed by atoms with Gasteiger partial charge < -0.3 is 4.90 Å². The van der Waals surface area contributed by atoms with Crippen molar-refractivity contribution >= 4 is 28.9 Å². The van der Waals surface area contributed by atoms with Crippen molar-refractivity contribution in [2.45, 2.75) is 26.4 Å². The summed E-state index contributed by atoms with van der Waals surface area (Å²) in [5.74, 6) is 0.197. The molecule has 0 saturated carbocycles. The predicted molar refractivity (Wildman–Crippen MR) is 129 cm³/mol. The van der Waals surface area contributed by atoms with Crippen LogP contribution in [-0.4, -0.2) is 36.3 Å². The quantitative estimate of drug-likeness (QED) is 0.504. The van der Waals surface area contributed by atoms with Crippen LogP contribution in [0.4, 0.5) is 5.69 Å². The van der Waals surface area contributed by atoms with Crippen molar-refractivity contribution in [3.8, 4) is 0 Å². The summed E-state index contributed by atoms with van der Waals surface area (Å²) in [6, 6.07) is 18.5. The van der Waals surface area contributed by atoms with Crippen molar-refractivity contribution in [2.75, 3.05) is 25.5 Å². The molecule has 0 N–H and O–H groups in total. The standard InChI is InChI=1S/C26H29N3OS/c1-26(2)18-29(17-22-9-7-15-31-22)24(19-10-12-21(13-11-19)28(3)4)23(25(26)30)16-20-8-5-6-14-27-20/h5-16,24H,17-18H2,1-4H3. The van der Waals surface area contributed by atoms with Gasteiger partial charge in [-0.1, -0.05) is 38.1 Å². The second-order valence-corrected chi connectivity index (χ2v) is 9.97. The number of hydrogen-bond donors (Lipinski definition) is 0. The Morgan fingerprint density at radius 2 is 1.90 bits per heavy atom. The van der Waals surface area contributed by atoms with Gasteiger partial charge in [-0.15, -0.1) is 11.3 Å². The van der Waals surface area contributed by atoms with Crippen LogP contribution in [0, 0.1) is 5.41 Å². The number of carbonyl (C=O) groups is 1. The van der Waals surface area contributed by atoms with Crippen molar-refractivity contribution in [1.82, 2.24) is 9.88 Å². The van der Waals surface area contributed by atoms with Gasteiger partial charge in [0.1, 0.15) is 0 Å². The number of benzene rings is 1. The maximum atomic E-state index is 13.6. The number of Topliss-reactive ketones (excluding diaryl/α,β-unsaturated/α-hetero) is 1. The topological polar surface area (TPSA) is 36.4 Å². The maximum Gasteiger partial charge on any atom is 0.167 e. The van der Waals surface area contributed by atoms with Crippen LogP contribution in [-0.2, 0) is 11.3 Å². The molecule has 5 heteroatoms. The molecule has 4 nitrogen and oxygen atoms in total. The van der Waals surface area contributed by atoms with Crippen molar-refractivity contribution < 1.29 is 4.79 Å². The Morgan fingerprint density at radius 3 is 2.52 bits per heavy atom. The molecule has 1 atom stereocenters. The Bertz CT molecular complexity index is 1050. The first-order valence-corrected chi connectivity index (χ1v) is 11.4. The molecular formula is C26H29N3OS. The Kier molecular flexibility index (Phi) is 6.08. The molecule has 1 aliphatic heterocycles. The number of carbonyl (C=O) groups excluding carboxylic acids is 1. The normalized spacial score (nSPS) is 20.2. The first-order valence-electron chi connectivity index (χ1n) is 10.6. The summed E-state index contributed by atoms with van der Waals surface area (Å²) in [6.45, 7) is 5.63. The molecule has 0 spiro atoms. The summed E-state index contributed by atoms with van der Waals surface area (Å²) >= 11 is 1.76. The first-order chi connectivity index (χ1) is 14.8. The lowest BCUT2D eigenvalue weighted by Crippen LogP contribution is -2.48. The Balaban J connectivity index is 1.82. The van der Waals surface area contributed by atoms with E-state index in [-0.39, 0.29) is 11.8 Å². The van der Waals surface area contributed by atoms with E-state index in [1.165, 1.54) is 4.88 Å². The fourth-order valence-electron chi connectivity index (χ4n) is 4.24. The minimum Gasteiger partial charge on any atom is -0.378 e. The zero-order chi connectivity index (χ0) is 22.0. The number of hydrogen-bond acceptors (Lipinski definition) is 5. The van der Waals surface area contributed by atoms with Crippen LogP contribution in [0.15, 0.2) is 71.7 Å². The molecule has 3 aromatic rings. The van der Waals surface area contributed by atoms with E-state index >= 15 is 0 Å². The summed E-state index contributed by atoms with van der Waals surface area (Å²) in [7, 11) is 4.08. The van der Waals surface area contributed by atoms with Gasteiger partial charge in [0.15, 0.2) is 5.78 Å². The SMILES string of the molecule is CN(C)c1ccc(C2C(=Cc3ccccn3)C(=O)C(C)(C)CN2Cc2cccs2)cc1. The lowest BCUT2D eigenvalue weighted by atomic mass is 9.74. The van der Waals surface area contributed by atoms with Gasteiger partial charge in [0.25, 0.3) is 0 Å². The van der Waals surface area contributed by atoms with Crippen LogP contribution in [0.2, 0.25) is 0 Å². The predicted octanol–water partition coefficient (Wildman–Crippen LogP) is 5.44. The van der Waals surface area contributed by atoms with E-state index in [1.807, 2.05) is 52.2 Å². The van der Waals surface area contributed by atoms with Crippen LogP contribution in [0.1, 0.15) is 36.0 Å². The molecule has 1 saturated heterocycles. The highest BCUT2D eigenvalue weighted by molar-refractivity contribution is 7.09. The third-order valence-electron chi connectivity index (χ3n) is 5.79. The molecule has 1 unspecified atom stereocenters. The minimum absolute atomic E-state index is 0.110. The number of likely N-dealkylation sites (tertiary alicyclic amines) is 1. The van der Waals surface area contributed by atoms with E-state index in [1.54, 1.807) is 17.5 Å². The lowest BCUT2D eigenvalue weighted by Gasteiger charge is -2.44. The third kappa shape index (κ3) is 4.63. The summed E-state index contributed by atoms with van der Waals surface area (Å²) in [5.41, 5.74) is 3.44. The zero-order valence-electron chi connectivity index (χ0n) is 18.6. The van der Waals surface area contributed by atoms with Crippen LogP contribution >= 0.6 is 11.3 Å². The molecule has 0 aliphatic carbocycles. The Labute approximate surface area is 188 Å². The fourth-order valence-corrected chi connectivity index (χ4v) is 4.97. The van der Waals surface area contributed by atoms with Gasteiger partial charge in [-0.3, -0.25) is 14.7 Å². The smallest absolute Gasteiger partial charge is 0.167 e. The minimum atomic E-state index is -0.460. The zero-order valence-corrected chi connectivity index (χ0v) is 19.4. The maximum absolute atomic E-state index is 13.6. The molecule has 3 heterocycles. The largest absolute Gasteiger partial charge is 0.378 e. The number of thiophene rings is 1. The summed E-state index contributed by atoms with van der Waals surface area (Å²) in [6.07, 6.45) is 3.75. The number of anilines is 1. The van der Waals surface area contributed by atoms with Gasteiger partial charge in [-0.25, -0.2) is 0 Å². The third-order valence-corrected chi connectivity index (χ3v) is 6.65. The highest BCUT2D eigenvalue weighted by Gasteiger charge is 2.44. The van der Waals surface area contributed by atoms with Gasteiger partial charge in [0.2, 0.25) is 0 Å². The van der Waals surface area contributed by atoms with E-state index < -0.39 is 5.41 Å². The molecule has 1 fully saturated rings. The Morgan fingerprint density at radius 1 is 1.13 bits per heavy atom. The second kappa shape index (κ2) is 8.77. The number of ketones is 1. The van der Waals surface area contributed by atoms with E-state index in [0.717, 1.165) is 29.1 Å². The highest BCUT2D eigenvalue weighted by atomic mass is 32.1. The van der Waals surface area contributed by atoms with Gasteiger partial charge in [0.05, 0.1) is 11.7 Å². The molecule has 4 rings (SSSR count). The molecular weight excluding hydrogens is 402 g/mol. The van der Waals surface area contributed by atoms with Crippen molar-refractivity contribution in [3.63, 3.8) is 0 Å².